The third-order valence-corrected chi connectivity index (χ3v) is 1.99. The Kier molecular flexibility index (Phi) is 11.0. The molecule has 0 heterocycles. The smallest absolute Gasteiger partial charge is 0.0348 e. The predicted molar refractivity (Wildman–Crippen MR) is 61.9 cm³/mol. The minimum Gasteiger partial charge on any atom is -0.0885 e. The van der Waals surface area contributed by atoms with Gasteiger partial charge in [-0.1, -0.05) is 51.0 Å². The van der Waals surface area contributed by atoms with Crippen molar-refractivity contribution in [2.75, 3.05) is 0 Å². The minimum absolute atomic E-state index is 1.24. The Morgan fingerprint density at radius 1 is 0.615 bits per heavy atom. The molecule has 0 aliphatic rings. The van der Waals surface area contributed by atoms with Crippen LogP contribution in [0.5, 0.6) is 0 Å². The summed E-state index contributed by atoms with van der Waals surface area (Å²) in [4.78, 5) is 0. The first-order valence-electron chi connectivity index (χ1n) is 5.71. The van der Waals surface area contributed by atoms with E-state index in [-0.39, 0.29) is 0 Å². The Balaban J connectivity index is 3.07. The molecule has 0 atom stereocenters. The number of hydrogen-bond donors (Lipinski definition) is 0. The fourth-order valence-corrected chi connectivity index (χ4v) is 1.16. The summed E-state index contributed by atoms with van der Waals surface area (Å²) in [5, 5.41) is 0. The van der Waals surface area contributed by atoms with E-state index in [0.717, 1.165) is 0 Å². The SMILES string of the molecule is CCCC=CCCCC=CCCC. The fraction of sp³-hybridized carbons (Fsp3) is 0.692. The van der Waals surface area contributed by atoms with E-state index in [2.05, 4.69) is 38.2 Å². The van der Waals surface area contributed by atoms with E-state index < -0.39 is 0 Å². The molecule has 0 aromatic heterocycles. The maximum Gasteiger partial charge on any atom is -0.0348 e. The van der Waals surface area contributed by atoms with Crippen LogP contribution in [-0.4, -0.2) is 0 Å². The standard InChI is InChI=1S/C13H24/c1-3-5-7-9-11-13-12-10-8-6-4-2/h7-10H,3-6,11-13H2,1-2H3. The third kappa shape index (κ3) is 11.5. The summed E-state index contributed by atoms with van der Waals surface area (Å²) in [6.07, 6.45) is 18.1. The Labute approximate surface area is 83.7 Å². The van der Waals surface area contributed by atoms with Gasteiger partial charge in [0.2, 0.25) is 0 Å². The number of allylic oxidation sites excluding steroid dienone is 4. The molecule has 0 aliphatic carbocycles. The Morgan fingerprint density at radius 3 is 1.38 bits per heavy atom. The van der Waals surface area contributed by atoms with Crippen LogP contribution in [0.4, 0.5) is 0 Å². The molecule has 0 radical (unpaired) electrons. The Hall–Kier alpha value is -0.520. The molecule has 76 valence electrons. The van der Waals surface area contributed by atoms with Crippen molar-refractivity contribution >= 4 is 0 Å². The zero-order valence-electron chi connectivity index (χ0n) is 9.26. The highest BCUT2D eigenvalue weighted by atomic mass is 13.9. The average Bonchev–Trinajstić information content (AvgIpc) is 2.16. The van der Waals surface area contributed by atoms with Gasteiger partial charge in [0.05, 0.1) is 0 Å². The molecule has 0 saturated heterocycles. The first-order chi connectivity index (χ1) is 6.41. The van der Waals surface area contributed by atoms with E-state index in [1.807, 2.05) is 0 Å². The van der Waals surface area contributed by atoms with Gasteiger partial charge in [-0.3, -0.25) is 0 Å². The van der Waals surface area contributed by atoms with Gasteiger partial charge in [-0.15, -0.1) is 0 Å². The zero-order chi connectivity index (χ0) is 9.78. The maximum atomic E-state index is 2.32. The monoisotopic (exact) mass is 180 g/mol. The molecule has 0 spiro atoms. The van der Waals surface area contributed by atoms with E-state index in [1.165, 1.54) is 44.9 Å². The van der Waals surface area contributed by atoms with Gasteiger partial charge in [0.15, 0.2) is 0 Å². The minimum atomic E-state index is 1.24. The summed E-state index contributed by atoms with van der Waals surface area (Å²) in [7, 11) is 0. The quantitative estimate of drug-likeness (QED) is 0.369. The van der Waals surface area contributed by atoms with Crippen LogP contribution in [0.25, 0.3) is 0 Å². The second-order valence-corrected chi connectivity index (χ2v) is 3.45. The van der Waals surface area contributed by atoms with Crippen molar-refractivity contribution in [1.29, 1.82) is 0 Å². The van der Waals surface area contributed by atoms with Crippen molar-refractivity contribution in [3.05, 3.63) is 24.3 Å². The zero-order valence-corrected chi connectivity index (χ0v) is 9.26. The molecule has 0 unspecified atom stereocenters. The molecule has 0 heteroatoms. The highest BCUT2D eigenvalue weighted by Crippen LogP contribution is 2.00. The summed E-state index contributed by atoms with van der Waals surface area (Å²) < 4.78 is 0. The highest BCUT2D eigenvalue weighted by Gasteiger charge is 1.80. The normalized spacial score (nSPS) is 11.8. The lowest BCUT2D eigenvalue weighted by Gasteiger charge is -1.90. The molecule has 0 saturated carbocycles. The van der Waals surface area contributed by atoms with Crippen LogP contribution in [0.1, 0.15) is 58.8 Å². The molecule has 0 amide bonds. The van der Waals surface area contributed by atoms with Crippen LogP contribution < -0.4 is 0 Å². The van der Waals surface area contributed by atoms with Gasteiger partial charge in [0.1, 0.15) is 0 Å². The average molecular weight is 180 g/mol. The van der Waals surface area contributed by atoms with Crippen molar-refractivity contribution < 1.29 is 0 Å². The molecular weight excluding hydrogens is 156 g/mol. The van der Waals surface area contributed by atoms with Crippen molar-refractivity contribution in [3.63, 3.8) is 0 Å². The summed E-state index contributed by atoms with van der Waals surface area (Å²) in [5.74, 6) is 0. The summed E-state index contributed by atoms with van der Waals surface area (Å²) in [6.45, 7) is 4.44. The second-order valence-electron chi connectivity index (χ2n) is 3.45. The van der Waals surface area contributed by atoms with Crippen LogP contribution in [0.3, 0.4) is 0 Å². The molecule has 0 aromatic rings. The van der Waals surface area contributed by atoms with Gasteiger partial charge in [0, 0.05) is 0 Å². The number of hydrogen-bond acceptors (Lipinski definition) is 0. The molecule has 0 rings (SSSR count). The van der Waals surface area contributed by atoms with Crippen molar-refractivity contribution in [1.82, 2.24) is 0 Å². The predicted octanol–water partition coefficient (Wildman–Crippen LogP) is 4.87. The van der Waals surface area contributed by atoms with E-state index in [4.69, 9.17) is 0 Å². The molecule has 0 fully saturated rings. The largest absolute Gasteiger partial charge is 0.0885 e. The van der Waals surface area contributed by atoms with Crippen molar-refractivity contribution in [2.24, 2.45) is 0 Å². The molecule has 0 aliphatic heterocycles. The van der Waals surface area contributed by atoms with Gasteiger partial charge in [0.25, 0.3) is 0 Å². The first-order valence-corrected chi connectivity index (χ1v) is 5.71. The second kappa shape index (κ2) is 11.5. The fourth-order valence-electron chi connectivity index (χ4n) is 1.16. The van der Waals surface area contributed by atoms with E-state index in [1.54, 1.807) is 0 Å². The highest BCUT2D eigenvalue weighted by molar-refractivity contribution is 4.84. The van der Waals surface area contributed by atoms with Gasteiger partial charge in [-0.05, 0) is 32.1 Å². The van der Waals surface area contributed by atoms with Crippen LogP contribution in [0.15, 0.2) is 24.3 Å². The lowest BCUT2D eigenvalue weighted by molar-refractivity contribution is 0.851. The van der Waals surface area contributed by atoms with Crippen LogP contribution in [0.2, 0.25) is 0 Å². The number of unbranched alkanes of at least 4 members (excludes halogenated alkanes) is 4. The maximum absolute atomic E-state index is 2.32. The van der Waals surface area contributed by atoms with Gasteiger partial charge >= 0.3 is 0 Å². The molecular formula is C13H24. The van der Waals surface area contributed by atoms with E-state index >= 15 is 0 Å². The van der Waals surface area contributed by atoms with Crippen LogP contribution >= 0.6 is 0 Å². The van der Waals surface area contributed by atoms with Gasteiger partial charge in [-0.2, -0.15) is 0 Å². The lowest BCUT2D eigenvalue weighted by atomic mass is 10.2. The molecule has 0 bridgehead atoms. The first kappa shape index (κ1) is 12.5. The van der Waals surface area contributed by atoms with Crippen LogP contribution in [0, 0.1) is 0 Å². The molecule has 0 aromatic carbocycles. The molecule has 0 nitrogen and oxygen atoms in total. The molecule has 13 heavy (non-hydrogen) atoms. The third-order valence-electron chi connectivity index (χ3n) is 1.99. The topological polar surface area (TPSA) is 0 Å². The number of rotatable bonds is 8. The van der Waals surface area contributed by atoms with E-state index in [0.29, 0.717) is 0 Å². The van der Waals surface area contributed by atoms with Gasteiger partial charge in [-0.25, -0.2) is 0 Å². The van der Waals surface area contributed by atoms with E-state index in [9.17, 15) is 0 Å². The summed E-state index contributed by atoms with van der Waals surface area (Å²) >= 11 is 0. The van der Waals surface area contributed by atoms with Crippen molar-refractivity contribution in [3.8, 4) is 0 Å². The summed E-state index contributed by atoms with van der Waals surface area (Å²) in [5.41, 5.74) is 0. The van der Waals surface area contributed by atoms with Gasteiger partial charge < -0.3 is 0 Å². The molecule has 0 N–H and O–H groups in total. The lowest BCUT2D eigenvalue weighted by Crippen LogP contribution is -1.70. The Morgan fingerprint density at radius 2 is 1.00 bits per heavy atom. The summed E-state index contributed by atoms with van der Waals surface area (Å²) in [6, 6.07) is 0. The van der Waals surface area contributed by atoms with Crippen molar-refractivity contribution in [2.45, 2.75) is 58.8 Å². The van der Waals surface area contributed by atoms with Crippen LogP contribution in [-0.2, 0) is 0 Å². The Bertz CT molecular complexity index is 115.